The number of halogens is 2. The number of piperazine rings is 1. The zero-order valence-corrected chi connectivity index (χ0v) is 25.7. The predicted octanol–water partition coefficient (Wildman–Crippen LogP) is 5.46. The average molecular weight is 615 g/mol. The highest BCUT2D eigenvalue weighted by Gasteiger charge is 2.33. The van der Waals surface area contributed by atoms with Crippen LogP contribution in [0.1, 0.15) is 24.0 Å². The van der Waals surface area contributed by atoms with Gasteiger partial charge in [-0.15, -0.1) is 0 Å². The third-order valence-electron chi connectivity index (χ3n) is 9.23. The van der Waals surface area contributed by atoms with Crippen LogP contribution in [0.5, 0.6) is 0 Å². The minimum absolute atomic E-state index is 0.0395. The zero-order chi connectivity index (χ0) is 30.5. The van der Waals surface area contributed by atoms with Crippen LogP contribution in [0.15, 0.2) is 79.3 Å². The molecule has 2 aliphatic rings. The maximum absolute atomic E-state index is 14.8. The number of nitrogens with zero attached hydrogens (tertiary/aromatic N) is 4. The van der Waals surface area contributed by atoms with Crippen LogP contribution in [0.2, 0.25) is 5.02 Å². The molecule has 0 saturated carbocycles. The molecule has 6 rings (SSSR count). The number of nitrogens with two attached hydrogens (primary N) is 1. The van der Waals surface area contributed by atoms with Crippen LogP contribution in [0, 0.1) is 11.7 Å². The first-order valence-electron chi connectivity index (χ1n) is 15.6. The first-order valence-corrected chi connectivity index (χ1v) is 15.9. The standard InChI is InChI=1S/C35H40ClFN6O/c36-28-9-10-29(25-5-2-1-3-6-25)27(21-28)13-16-41-14-11-26(12-15-41)34(38)35(44)43-19-17-42(18-20-43)23-31-30(7-4-8-32(31)37)33-22-39-24-40-33/h1-10,21-22,24,26,34H,11-20,23,38H2,(H,39,40)/t34-/m1/s1. The molecule has 1 aromatic heterocycles. The Morgan fingerprint density at radius 3 is 2.45 bits per heavy atom. The number of imidazole rings is 1. The van der Waals surface area contributed by atoms with Crippen molar-refractivity contribution >= 4 is 17.5 Å². The zero-order valence-electron chi connectivity index (χ0n) is 25.0. The number of piperidine rings is 1. The van der Waals surface area contributed by atoms with Gasteiger partial charge in [-0.1, -0.05) is 60.1 Å². The normalized spacial score (nSPS) is 17.6. The van der Waals surface area contributed by atoms with Crippen LogP contribution < -0.4 is 5.73 Å². The second-order valence-corrected chi connectivity index (χ2v) is 12.4. The molecule has 9 heteroatoms. The SMILES string of the molecule is N[C@@H](C(=O)N1CCN(Cc2c(F)cccc2-c2c[nH]cn2)CC1)C1CCN(CCc2cc(Cl)ccc2-c2ccccc2)CC1. The Kier molecular flexibility index (Phi) is 9.72. The molecular weight excluding hydrogens is 575 g/mol. The number of rotatable bonds is 9. The number of H-pyrrole nitrogens is 1. The maximum Gasteiger partial charge on any atom is 0.239 e. The number of hydrogen-bond acceptors (Lipinski definition) is 5. The summed E-state index contributed by atoms with van der Waals surface area (Å²) in [5.41, 5.74) is 12.4. The van der Waals surface area contributed by atoms with Gasteiger partial charge in [0.25, 0.3) is 0 Å². The Morgan fingerprint density at radius 1 is 0.955 bits per heavy atom. The summed E-state index contributed by atoms with van der Waals surface area (Å²) in [6, 6.07) is 21.2. The van der Waals surface area contributed by atoms with Crippen molar-refractivity contribution in [2.75, 3.05) is 45.8 Å². The molecule has 1 atom stereocenters. The Morgan fingerprint density at radius 2 is 1.73 bits per heavy atom. The third-order valence-corrected chi connectivity index (χ3v) is 9.47. The van der Waals surface area contributed by atoms with Gasteiger partial charge in [-0.3, -0.25) is 9.69 Å². The summed E-state index contributed by atoms with van der Waals surface area (Å²) in [7, 11) is 0. The van der Waals surface area contributed by atoms with Crippen LogP contribution in [0.25, 0.3) is 22.4 Å². The predicted molar refractivity (Wildman–Crippen MR) is 174 cm³/mol. The van der Waals surface area contributed by atoms with Gasteiger partial charge in [0, 0.05) is 61.6 Å². The molecule has 0 spiro atoms. The van der Waals surface area contributed by atoms with E-state index in [0.717, 1.165) is 55.2 Å². The highest BCUT2D eigenvalue weighted by atomic mass is 35.5. The summed E-state index contributed by atoms with van der Waals surface area (Å²) in [5.74, 6) is -0.0168. The Balaban J connectivity index is 0.978. The number of nitrogens with one attached hydrogen (secondary N) is 1. The number of benzene rings is 3. The molecule has 1 amide bonds. The van der Waals surface area contributed by atoms with Gasteiger partial charge in [0.05, 0.1) is 18.1 Å². The summed E-state index contributed by atoms with van der Waals surface area (Å²) >= 11 is 6.36. The topological polar surface area (TPSA) is 81.5 Å². The smallest absolute Gasteiger partial charge is 0.239 e. The molecule has 2 aliphatic heterocycles. The minimum Gasteiger partial charge on any atom is -0.351 e. The van der Waals surface area contributed by atoms with Crippen molar-refractivity contribution in [2.24, 2.45) is 11.7 Å². The molecule has 3 aromatic carbocycles. The molecule has 0 bridgehead atoms. The molecule has 2 fully saturated rings. The monoisotopic (exact) mass is 614 g/mol. The van der Waals surface area contributed by atoms with E-state index in [2.05, 4.69) is 56.2 Å². The minimum atomic E-state index is -0.487. The van der Waals surface area contributed by atoms with E-state index in [1.54, 1.807) is 18.6 Å². The summed E-state index contributed by atoms with van der Waals surface area (Å²) in [6.07, 6.45) is 6.13. The molecule has 230 valence electrons. The molecule has 44 heavy (non-hydrogen) atoms. The first-order chi connectivity index (χ1) is 21.5. The lowest BCUT2D eigenvalue weighted by atomic mass is 9.88. The van der Waals surface area contributed by atoms with E-state index in [9.17, 15) is 9.18 Å². The number of carbonyl (C=O) groups excluding carboxylic acids is 1. The fraction of sp³-hybridized carbons (Fsp3) is 0.371. The number of likely N-dealkylation sites (tertiary alicyclic amines) is 1. The van der Waals surface area contributed by atoms with Crippen LogP contribution >= 0.6 is 11.6 Å². The van der Waals surface area contributed by atoms with E-state index in [0.29, 0.717) is 38.3 Å². The molecule has 0 aliphatic carbocycles. The molecule has 0 radical (unpaired) electrons. The highest BCUT2D eigenvalue weighted by molar-refractivity contribution is 6.30. The van der Waals surface area contributed by atoms with Crippen molar-refractivity contribution in [2.45, 2.75) is 31.8 Å². The molecule has 2 saturated heterocycles. The van der Waals surface area contributed by atoms with Crippen molar-refractivity contribution in [1.29, 1.82) is 0 Å². The van der Waals surface area contributed by atoms with Gasteiger partial charge in [-0.25, -0.2) is 9.37 Å². The highest BCUT2D eigenvalue weighted by Crippen LogP contribution is 2.29. The Bertz CT molecular complexity index is 1530. The summed E-state index contributed by atoms with van der Waals surface area (Å²) in [5, 5.41) is 0.759. The number of amides is 1. The maximum atomic E-state index is 14.8. The van der Waals surface area contributed by atoms with Gasteiger partial charge < -0.3 is 20.5 Å². The van der Waals surface area contributed by atoms with E-state index >= 15 is 0 Å². The van der Waals surface area contributed by atoms with Crippen molar-refractivity contribution in [3.63, 3.8) is 0 Å². The molecule has 7 nitrogen and oxygen atoms in total. The number of carbonyl (C=O) groups is 1. The van der Waals surface area contributed by atoms with E-state index in [1.807, 2.05) is 23.1 Å². The fourth-order valence-corrected chi connectivity index (χ4v) is 6.81. The number of aromatic amines is 1. The van der Waals surface area contributed by atoms with Crippen molar-refractivity contribution < 1.29 is 9.18 Å². The van der Waals surface area contributed by atoms with Gasteiger partial charge in [0.2, 0.25) is 5.91 Å². The van der Waals surface area contributed by atoms with Crippen LogP contribution in [-0.4, -0.2) is 82.4 Å². The lowest BCUT2D eigenvalue weighted by Gasteiger charge is -2.39. The average Bonchev–Trinajstić information content (AvgIpc) is 3.60. The largest absolute Gasteiger partial charge is 0.351 e. The number of hydrogen-bond donors (Lipinski definition) is 2. The van der Waals surface area contributed by atoms with Gasteiger partial charge >= 0.3 is 0 Å². The van der Waals surface area contributed by atoms with Gasteiger partial charge in [0.15, 0.2) is 0 Å². The van der Waals surface area contributed by atoms with Crippen LogP contribution in [0.3, 0.4) is 0 Å². The van der Waals surface area contributed by atoms with Crippen LogP contribution in [-0.2, 0) is 17.8 Å². The molecule has 4 aromatic rings. The second kappa shape index (κ2) is 14.0. The lowest BCUT2D eigenvalue weighted by Crippen LogP contribution is -2.55. The lowest BCUT2D eigenvalue weighted by molar-refractivity contribution is -0.136. The van der Waals surface area contributed by atoms with E-state index in [-0.39, 0.29) is 17.6 Å². The molecular formula is C35H40ClFN6O. The van der Waals surface area contributed by atoms with Crippen LogP contribution in [0.4, 0.5) is 4.39 Å². The van der Waals surface area contributed by atoms with Gasteiger partial charge in [-0.2, -0.15) is 0 Å². The van der Waals surface area contributed by atoms with E-state index < -0.39 is 6.04 Å². The van der Waals surface area contributed by atoms with Gasteiger partial charge in [0.1, 0.15) is 5.82 Å². The van der Waals surface area contributed by atoms with Crippen molar-refractivity contribution in [3.05, 3.63) is 101 Å². The van der Waals surface area contributed by atoms with Crippen molar-refractivity contribution in [3.8, 4) is 22.4 Å². The quantitative estimate of drug-likeness (QED) is 0.262. The molecule has 0 unspecified atom stereocenters. The second-order valence-electron chi connectivity index (χ2n) is 11.9. The number of aromatic nitrogens is 2. The molecule has 3 N–H and O–H groups in total. The third kappa shape index (κ3) is 7.05. The Labute approximate surface area is 263 Å². The summed E-state index contributed by atoms with van der Waals surface area (Å²) < 4.78 is 14.8. The van der Waals surface area contributed by atoms with Gasteiger partial charge in [-0.05, 0) is 73.2 Å². The van der Waals surface area contributed by atoms with E-state index in [4.69, 9.17) is 17.3 Å². The fourth-order valence-electron chi connectivity index (χ4n) is 6.61. The van der Waals surface area contributed by atoms with E-state index in [1.165, 1.54) is 22.8 Å². The van der Waals surface area contributed by atoms with Crippen molar-refractivity contribution in [1.82, 2.24) is 24.7 Å². The summed E-state index contributed by atoms with van der Waals surface area (Å²) in [6.45, 7) is 5.84. The first kappa shape index (κ1) is 30.5. The Hall–Kier alpha value is -3.56. The molecule has 3 heterocycles. The summed E-state index contributed by atoms with van der Waals surface area (Å²) in [4.78, 5) is 27.2.